The van der Waals surface area contributed by atoms with Crippen molar-refractivity contribution in [1.82, 2.24) is 0 Å². The number of halogens is 1. The van der Waals surface area contributed by atoms with Gasteiger partial charge in [0.15, 0.2) is 11.4 Å². The molecule has 1 saturated heterocycles. The number of ether oxygens (including phenoxy) is 1. The minimum Gasteiger partial charge on any atom is -0.352 e. The highest BCUT2D eigenvalue weighted by Crippen LogP contribution is 2.54. The predicted octanol–water partition coefficient (Wildman–Crippen LogP) is 2.16. The van der Waals surface area contributed by atoms with Gasteiger partial charge in [0, 0.05) is 6.42 Å². The summed E-state index contributed by atoms with van der Waals surface area (Å²) in [5.74, 6) is -0.249. The molecule has 0 amide bonds. The van der Waals surface area contributed by atoms with Gasteiger partial charge in [0.05, 0.1) is 0 Å². The van der Waals surface area contributed by atoms with Gasteiger partial charge in [-0.1, -0.05) is 18.2 Å². The number of epoxide rings is 1. The van der Waals surface area contributed by atoms with Crippen molar-refractivity contribution in [3.63, 3.8) is 0 Å². The molecule has 0 N–H and O–H groups in total. The van der Waals surface area contributed by atoms with E-state index in [0.29, 0.717) is 6.42 Å². The number of ketones is 1. The molecule has 1 aliphatic heterocycles. The molecule has 0 bridgehead atoms. The Balaban J connectivity index is 1.88. The second-order valence-electron chi connectivity index (χ2n) is 3.91. The molecule has 3 heteroatoms. The van der Waals surface area contributed by atoms with Crippen molar-refractivity contribution in [1.29, 1.82) is 0 Å². The number of carbonyl (C=O) groups excluding carboxylic acids is 1. The van der Waals surface area contributed by atoms with Gasteiger partial charge in [-0.05, 0) is 23.8 Å². The Morgan fingerprint density at radius 2 is 2.07 bits per heavy atom. The maximum atomic E-state index is 12.7. The van der Waals surface area contributed by atoms with Crippen LogP contribution in [0.4, 0.5) is 4.39 Å². The first-order valence-electron chi connectivity index (χ1n) is 4.87. The zero-order chi connectivity index (χ0) is 10.5. The Morgan fingerprint density at radius 3 is 2.67 bits per heavy atom. The monoisotopic (exact) mass is 204 g/mol. The number of carbonyl (C=O) groups is 1. The first-order chi connectivity index (χ1) is 7.22. The van der Waals surface area contributed by atoms with Crippen molar-refractivity contribution >= 4 is 5.78 Å². The molecule has 1 heterocycles. The van der Waals surface area contributed by atoms with Crippen molar-refractivity contribution in [2.75, 3.05) is 0 Å². The molecule has 1 spiro atoms. The lowest BCUT2D eigenvalue weighted by Crippen LogP contribution is -2.18. The molecule has 2 unspecified atom stereocenters. The third kappa shape index (κ3) is 1.16. The summed E-state index contributed by atoms with van der Waals surface area (Å²) in [6.07, 6.45) is 3.82. The van der Waals surface area contributed by atoms with E-state index in [2.05, 4.69) is 0 Å². The van der Waals surface area contributed by atoms with Crippen molar-refractivity contribution in [2.45, 2.75) is 18.1 Å². The van der Waals surface area contributed by atoms with E-state index in [1.165, 1.54) is 12.1 Å². The quantitative estimate of drug-likeness (QED) is 0.656. The van der Waals surface area contributed by atoms with E-state index in [1.807, 2.05) is 6.08 Å². The Morgan fingerprint density at radius 1 is 1.33 bits per heavy atom. The Hall–Kier alpha value is -1.48. The van der Waals surface area contributed by atoms with E-state index >= 15 is 0 Å². The molecule has 1 aromatic carbocycles. The number of hydrogen-bond acceptors (Lipinski definition) is 2. The van der Waals surface area contributed by atoms with E-state index < -0.39 is 5.60 Å². The fourth-order valence-corrected chi connectivity index (χ4v) is 2.08. The molecule has 0 saturated carbocycles. The van der Waals surface area contributed by atoms with Gasteiger partial charge in [0.25, 0.3) is 0 Å². The van der Waals surface area contributed by atoms with Crippen LogP contribution in [-0.2, 0) is 9.53 Å². The third-order valence-corrected chi connectivity index (χ3v) is 2.97. The number of benzene rings is 1. The van der Waals surface area contributed by atoms with E-state index in [4.69, 9.17) is 4.74 Å². The van der Waals surface area contributed by atoms with Gasteiger partial charge in [0.2, 0.25) is 0 Å². The van der Waals surface area contributed by atoms with E-state index in [0.717, 1.165) is 5.56 Å². The first-order valence-corrected chi connectivity index (χ1v) is 4.87. The van der Waals surface area contributed by atoms with Crippen LogP contribution >= 0.6 is 0 Å². The molecule has 1 aliphatic carbocycles. The van der Waals surface area contributed by atoms with Crippen LogP contribution in [-0.4, -0.2) is 11.4 Å². The average molecular weight is 204 g/mol. The zero-order valence-electron chi connectivity index (χ0n) is 7.94. The van der Waals surface area contributed by atoms with Gasteiger partial charge in [-0.2, -0.15) is 0 Å². The molecule has 1 fully saturated rings. The summed E-state index contributed by atoms with van der Waals surface area (Å²) in [4.78, 5) is 11.5. The van der Waals surface area contributed by atoms with Gasteiger partial charge in [-0.25, -0.2) is 4.39 Å². The molecule has 2 atom stereocenters. The molecule has 3 rings (SSSR count). The molecule has 1 aromatic rings. The summed E-state index contributed by atoms with van der Waals surface area (Å²) < 4.78 is 18.2. The zero-order valence-corrected chi connectivity index (χ0v) is 7.94. The lowest BCUT2D eigenvalue weighted by molar-refractivity contribution is -0.118. The van der Waals surface area contributed by atoms with Crippen LogP contribution in [0.3, 0.4) is 0 Å². The lowest BCUT2D eigenvalue weighted by Gasteiger charge is -2.00. The van der Waals surface area contributed by atoms with Crippen molar-refractivity contribution in [3.05, 3.63) is 47.8 Å². The van der Waals surface area contributed by atoms with Crippen LogP contribution in [0.15, 0.2) is 36.4 Å². The van der Waals surface area contributed by atoms with E-state index in [9.17, 15) is 9.18 Å². The summed E-state index contributed by atoms with van der Waals surface area (Å²) in [6, 6.07) is 6.11. The van der Waals surface area contributed by atoms with Crippen LogP contribution in [0.25, 0.3) is 0 Å². The van der Waals surface area contributed by atoms with Gasteiger partial charge in [-0.3, -0.25) is 4.79 Å². The summed E-state index contributed by atoms with van der Waals surface area (Å²) in [6.45, 7) is 0. The van der Waals surface area contributed by atoms with Gasteiger partial charge in [0.1, 0.15) is 11.9 Å². The summed E-state index contributed by atoms with van der Waals surface area (Å²) in [5, 5.41) is 0. The van der Waals surface area contributed by atoms with Crippen molar-refractivity contribution < 1.29 is 13.9 Å². The van der Waals surface area contributed by atoms with Crippen LogP contribution in [0.5, 0.6) is 0 Å². The maximum Gasteiger partial charge on any atom is 0.190 e. The highest BCUT2D eigenvalue weighted by molar-refractivity contribution is 6.02. The van der Waals surface area contributed by atoms with Crippen LogP contribution < -0.4 is 0 Å². The maximum absolute atomic E-state index is 12.7. The molecular weight excluding hydrogens is 195 g/mol. The van der Waals surface area contributed by atoms with E-state index in [1.54, 1.807) is 18.2 Å². The summed E-state index contributed by atoms with van der Waals surface area (Å²) in [7, 11) is 0. The molecule has 0 aromatic heterocycles. The van der Waals surface area contributed by atoms with Gasteiger partial charge < -0.3 is 4.74 Å². The minimum atomic E-state index is -0.655. The lowest BCUT2D eigenvalue weighted by atomic mass is 9.96. The van der Waals surface area contributed by atoms with Gasteiger partial charge in [-0.15, -0.1) is 0 Å². The smallest absolute Gasteiger partial charge is 0.190 e. The largest absolute Gasteiger partial charge is 0.352 e. The minimum absolute atomic E-state index is 0.0248. The van der Waals surface area contributed by atoms with Crippen LogP contribution in [0, 0.1) is 5.82 Å². The SMILES string of the molecule is O=C1C=CCC12OC2c1ccc(F)cc1. The predicted molar refractivity (Wildman–Crippen MR) is 51.7 cm³/mol. The molecule has 76 valence electrons. The third-order valence-electron chi connectivity index (χ3n) is 2.97. The summed E-state index contributed by atoms with van der Waals surface area (Å²) in [5.41, 5.74) is 0.214. The van der Waals surface area contributed by atoms with Gasteiger partial charge >= 0.3 is 0 Å². The Kier molecular flexibility index (Phi) is 1.62. The Bertz CT molecular complexity index is 449. The standard InChI is InChI=1S/C12H9FO2/c13-9-5-3-8(4-6-9)11-12(15-11)7-1-2-10(12)14/h1-6,11H,7H2. The fourth-order valence-electron chi connectivity index (χ4n) is 2.08. The molecular formula is C12H9FO2. The average Bonchev–Trinajstić information content (AvgIpc) is 2.84. The number of rotatable bonds is 1. The first kappa shape index (κ1) is 8.80. The van der Waals surface area contributed by atoms with E-state index in [-0.39, 0.29) is 17.7 Å². The summed E-state index contributed by atoms with van der Waals surface area (Å²) >= 11 is 0. The fraction of sp³-hybridized carbons (Fsp3) is 0.250. The number of hydrogen-bond donors (Lipinski definition) is 0. The van der Waals surface area contributed by atoms with Crippen molar-refractivity contribution in [2.24, 2.45) is 0 Å². The second kappa shape index (κ2) is 2.76. The molecule has 2 nitrogen and oxygen atoms in total. The van der Waals surface area contributed by atoms with Crippen LogP contribution in [0.2, 0.25) is 0 Å². The second-order valence-corrected chi connectivity index (χ2v) is 3.91. The van der Waals surface area contributed by atoms with Crippen molar-refractivity contribution in [3.8, 4) is 0 Å². The molecule has 0 radical (unpaired) electrons. The normalized spacial score (nSPS) is 32.6. The highest BCUT2D eigenvalue weighted by Gasteiger charge is 2.62. The molecule has 15 heavy (non-hydrogen) atoms. The highest BCUT2D eigenvalue weighted by atomic mass is 19.1. The Labute approximate surface area is 86.4 Å². The topological polar surface area (TPSA) is 29.6 Å². The van der Waals surface area contributed by atoms with Crippen LogP contribution in [0.1, 0.15) is 18.1 Å². The molecule has 2 aliphatic rings.